The molecule has 2 aromatic rings. The first kappa shape index (κ1) is 15.8. The Labute approximate surface area is 131 Å². The number of aryl methyl sites for hydroxylation is 1. The van der Waals surface area contributed by atoms with Gasteiger partial charge in [0.25, 0.3) is 5.56 Å². The summed E-state index contributed by atoms with van der Waals surface area (Å²) in [6, 6.07) is 3.09. The van der Waals surface area contributed by atoms with Crippen molar-refractivity contribution in [3.05, 3.63) is 38.9 Å². The summed E-state index contributed by atoms with van der Waals surface area (Å²) in [5.74, 6) is -0.273. The van der Waals surface area contributed by atoms with Gasteiger partial charge in [-0.3, -0.25) is 14.2 Å². The molecule has 0 amide bonds. The van der Waals surface area contributed by atoms with Gasteiger partial charge in [-0.25, -0.2) is 4.98 Å². The number of carbonyl (C=O) groups excluding carboxylic acids is 1. The van der Waals surface area contributed by atoms with E-state index >= 15 is 0 Å². The summed E-state index contributed by atoms with van der Waals surface area (Å²) in [6.07, 6.45) is 2.18. The Bertz CT molecular complexity index is 728. The second kappa shape index (κ2) is 6.91. The lowest BCUT2D eigenvalue weighted by atomic mass is 10.2. The number of hydrogen-bond acceptors (Lipinski definition) is 4. The van der Waals surface area contributed by atoms with Crippen LogP contribution in [0.2, 0.25) is 10.0 Å². The van der Waals surface area contributed by atoms with E-state index in [1.807, 2.05) is 0 Å². The Morgan fingerprint density at radius 1 is 1.38 bits per heavy atom. The van der Waals surface area contributed by atoms with Gasteiger partial charge in [-0.15, -0.1) is 0 Å². The Morgan fingerprint density at radius 3 is 2.86 bits per heavy atom. The molecule has 0 aliphatic carbocycles. The smallest absolute Gasteiger partial charge is 0.305 e. The van der Waals surface area contributed by atoms with Gasteiger partial charge >= 0.3 is 5.97 Å². The van der Waals surface area contributed by atoms with Crippen molar-refractivity contribution in [3.63, 3.8) is 0 Å². The first-order valence-electron chi connectivity index (χ1n) is 6.52. The largest absolute Gasteiger partial charge is 0.466 e. The van der Waals surface area contributed by atoms with E-state index in [-0.39, 0.29) is 17.9 Å². The summed E-state index contributed by atoms with van der Waals surface area (Å²) in [7, 11) is 0. The van der Waals surface area contributed by atoms with Crippen LogP contribution in [0, 0.1) is 0 Å². The number of carbonyl (C=O) groups is 1. The molecular formula is C14H14Cl2N2O3. The molecular weight excluding hydrogens is 315 g/mol. The average molecular weight is 329 g/mol. The van der Waals surface area contributed by atoms with Gasteiger partial charge in [-0.1, -0.05) is 23.2 Å². The molecule has 0 fully saturated rings. The van der Waals surface area contributed by atoms with Crippen molar-refractivity contribution in [2.24, 2.45) is 0 Å². The molecule has 0 bridgehead atoms. The van der Waals surface area contributed by atoms with Gasteiger partial charge in [-0.2, -0.15) is 0 Å². The van der Waals surface area contributed by atoms with Crippen molar-refractivity contribution in [2.45, 2.75) is 26.3 Å². The van der Waals surface area contributed by atoms with E-state index in [0.717, 1.165) is 0 Å². The maximum Gasteiger partial charge on any atom is 0.305 e. The van der Waals surface area contributed by atoms with Gasteiger partial charge in [0.2, 0.25) is 0 Å². The highest BCUT2D eigenvalue weighted by Gasteiger charge is 2.09. The highest BCUT2D eigenvalue weighted by Crippen LogP contribution is 2.23. The van der Waals surface area contributed by atoms with Gasteiger partial charge in [0.05, 0.1) is 28.9 Å². The molecule has 5 nitrogen and oxygen atoms in total. The van der Waals surface area contributed by atoms with Gasteiger partial charge in [-0.05, 0) is 25.5 Å². The number of benzene rings is 1. The van der Waals surface area contributed by atoms with Gasteiger partial charge in [0.1, 0.15) is 0 Å². The molecule has 1 aromatic heterocycles. The Hall–Kier alpha value is -1.59. The van der Waals surface area contributed by atoms with Crippen LogP contribution in [0.25, 0.3) is 10.9 Å². The van der Waals surface area contributed by atoms with E-state index in [2.05, 4.69) is 4.98 Å². The van der Waals surface area contributed by atoms with Gasteiger partial charge < -0.3 is 4.74 Å². The van der Waals surface area contributed by atoms with Crippen LogP contribution in [0.1, 0.15) is 19.8 Å². The molecule has 7 heteroatoms. The normalized spacial score (nSPS) is 10.8. The molecule has 0 spiro atoms. The lowest BCUT2D eigenvalue weighted by Crippen LogP contribution is -2.21. The molecule has 0 unspecified atom stereocenters. The summed E-state index contributed by atoms with van der Waals surface area (Å²) in [5.41, 5.74) is 0.195. The van der Waals surface area contributed by atoms with E-state index < -0.39 is 0 Å². The second-order valence-corrected chi connectivity index (χ2v) is 5.28. The standard InChI is InChI=1S/C14H14Cl2N2O3/c1-2-21-12(19)4-3-5-18-8-17-13-10(14(18)20)6-9(15)7-11(13)16/h6-8H,2-5H2,1H3. The predicted octanol–water partition coefficient (Wildman–Crippen LogP) is 3.05. The summed E-state index contributed by atoms with van der Waals surface area (Å²) in [6.45, 7) is 2.49. The molecule has 0 aliphatic heterocycles. The minimum absolute atomic E-state index is 0.228. The zero-order valence-electron chi connectivity index (χ0n) is 11.4. The maximum atomic E-state index is 12.3. The summed E-state index contributed by atoms with van der Waals surface area (Å²) >= 11 is 11.9. The fourth-order valence-corrected chi connectivity index (χ4v) is 2.52. The molecule has 0 aliphatic rings. The fourth-order valence-electron chi connectivity index (χ4n) is 1.98. The van der Waals surface area contributed by atoms with E-state index in [4.69, 9.17) is 27.9 Å². The molecule has 0 radical (unpaired) electrons. The topological polar surface area (TPSA) is 61.2 Å². The van der Waals surface area contributed by atoms with Crippen LogP contribution in [0.3, 0.4) is 0 Å². The molecule has 1 heterocycles. The number of aromatic nitrogens is 2. The summed E-state index contributed by atoms with van der Waals surface area (Å²) in [5, 5.41) is 1.09. The quantitative estimate of drug-likeness (QED) is 0.791. The molecule has 0 N–H and O–H groups in total. The highest BCUT2D eigenvalue weighted by molar-refractivity contribution is 6.38. The van der Waals surface area contributed by atoms with Crippen LogP contribution >= 0.6 is 23.2 Å². The molecule has 21 heavy (non-hydrogen) atoms. The third-order valence-electron chi connectivity index (χ3n) is 2.93. The molecule has 0 saturated heterocycles. The van der Waals surface area contributed by atoms with E-state index in [1.54, 1.807) is 19.1 Å². The monoisotopic (exact) mass is 328 g/mol. The first-order valence-corrected chi connectivity index (χ1v) is 7.28. The minimum Gasteiger partial charge on any atom is -0.466 e. The van der Waals surface area contributed by atoms with Crippen LogP contribution in [0.5, 0.6) is 0 Å². The number of ether oxygens (including phenoxy) is 1. The zero-order chi connectivity index (χ0) is 15.4. The Morgan fingerprint density at radius 2 is 2.14 bits per heavy atom. The number of nitrogens with zero attached hydrogens (tertiary/aromatic N) is 2. The van der Waals surface area contributed by atoms with Gasteiger partial charge in [0, 0.05) is 18.0 Å². The minimum atomic E-state index is -0.273. The van der Waals surface area contributed by atoms with Crippen molar-refractivity contribution < 1.29 is 9.53 Å². The van der Waals surface area contributed by atoms with Crippen LogP contribution in [0.15, 0.2) is 23.3 Å². The van der Waals surface area contributed by atoms with Crippen LogP contribution in [0.4, 0.5) is 0 Å². The third-order valence-corrected chi connectivity index (χ3v) is 3.44. The van der Waals surface area contributed by atoms with Crippen molar-refractivity contribution >= 4 is 40.1 Å². The first-order chi connectivity index (χ1) is 10.0. The fraction of sp³-hybridized carbons (Fsp3) is 0.357. The Kier molecular flexibility index (Phi) is 5.20. The third kappa shape index (κ3) is 3.74. The van der Waals surface area contributed by atoms with E-state index in [1.165, 1.54) is 10.9 Å². The Balaban J connectivity index is 2.20. The van der Waals surface area contributed by atoms with E-state index in [0.29, 0.717) is 40.5 Å². The number of rotatable bonds is 5. The van der Waals surface area contributed by atoms with Gasteiger partial charge in [0.15, 0.2) is 0 Å². The number of esters is 1. The maximum absolute atomic E-state index is 12.3. The molecule has 112 valence electrons. The summed E-state index contributed by atoms with van der Waals surface area (Å²) in [4.78, 5) is 27.8. The van der Waals surface area contributed by atoms with Crippen molar-refractivity contribution in [1.82, 2.24) is 9.55 Å². The summed E-state index contributed by atoms with van der Waals surface area (Å²) < 4.78 is 6.27. The molecule has 1 aromatic carbocycles. The number of hydrogen-bond donors (Lipinski definition) is 0. The zero-order valence-corrected chi connectivity index (χ0v) is 12.9. The lowest BCUT2D eigenvalue weighted by molar-refractivity contribution is -0.143. The van der Waals surface area contributed by atoms with Crippen molar-refractivity contribution in [3.8, 4) is 0 Å². The molecule has 0 saturated carbocycles. The van der Waals surface area contributed by atoms with Crippen LogP contribution in [-0.4, -0.2) is 22.1 Å². The number of halogens is 2. The SMILES string of the molecule is CCOC(=O)CCCn1cnc2c(Cl)cc(Cl)cc2c1=O. The average Bonchev–Trinajstić information content (AvgIpc) is 2.42. The van der Waals surface area contributed by atoms with Crippen LogP contribution in [-0.2, 0) is 16.1 Å². The lowest BCUT2D eigenvalue weighted by Gasteiger charge is -2.07. The highest BCUT2D eigenvalue weighted by atomic mass is 35.5. The predicted molar refractivity (Wildman–Crippen MR) is 81.9 cm³/mol. The molecule has 2 rings (SSSR count). The van der Waals surface area contributed by atoms with Crippen LogP contribution < -0.4 is 5.56 Å². The number of fused-ring (bicyclic) bond motifs is 1. The molecule has 0 atom stereocenters. The van der Waals surface area contributed by atoms with Crippen molar-refractivity contribution in [2.75, 3.05) is 6.61 Å². The second-order valence-electron chi connectivity index (χ2n) is 4.44. The van der Waals surface area contributed by atoms with E-state index in [9.17, 15) is 9.59 Å². The van der Waals surface area contributed by atoms with Crippen molar-refractivity contribution in [1.29, 1.82) is 0 Å².